The Balaban J connectivity index is 1.85. The first-order chi connectivity index (χ1) is 8.66. The number of likely N-dealkylation sites (tertiary alicyclic amines) is 1. The zero-order valence-electron chi connectivity index (χ0n) is 12.2. The van der Waals surface area contributed by atoms with Crippen molar-refractivity contribution in [1.29, 1.82) is 0 Å². The molecule has 0 radical (unpaired) electrons. The summed E-state index contributed by atoms with van der Waals surface area (Å²) in [6.45, 7) is 9.87. The maximum Gasteiger partial charge on any atom is 0.317 e. The molecule has 0 aromatic heterocycles. The largest absolute Gasteiger partial charge is 0.481 e. The predicted molar refractivity (Wildman–Crippen MR) is 71.8 cm³/mol. The molecule has 1 unspecified atom stereocenters. The number of nitrogens with zero attached hydrogens (tertiary/aromatic N) is 1. The van der Waals surface area contributed by atoms with Gasteiger partial charge in [-0.15, -0.1) is 0 Å². The Labute approximate surface area is 114 Å². The maximum absolute atomic E-state index is 12.2. The van der Waals surface area contributed by atoms with Gasteiger partial charge in [0.2, 0.25) is 0 Å². The van der Waals surface area contributed by atoms with Gasteiger partial charge in [0.15, 0.2) is 0 Å². The van der Waals surface area contributed by atoms with Crippen LogP contribution < -0.4 is 5.32 Å². The SMILES string of the molecule is CC1(C)C(NC(=O)N2CCC(CC(=O)O)C2)C1(C)C. The van der Waals surface area contributed by atoms with E-state index >= 15 is 0 Å². The van der Waals surface area contributed by atoms with Gasteiger partial charge in [-0.2, -0.15) is 0 Å². The van der Waals surface area contributed by atoms with Gasteiger partial charge in [-0.25, -0.2) is 4.79 Å². The zero-order chi connectivity index (χ0) is 14.4. The molecular weight excluding hydrogens is 244 g/mol. The third-order valence-electron chi connectivity index (χ3n) is 5.32. The van der Waals surface area contributed by atoms with Crippen molar-refractivity contribution < 1.29 is 14.7 Å². The van der Waals surface area contributed by atoms with Crippen LogP contribution in [0.5, 0.6) is 0 Å². The Kier molecular flexibility index (Phi) is 3.27. The monoisotopic (exact) mass is 268 g/mol. The lowest BCUT2D eigenvalue weighted by atomic mass is 10.0. The predicted octanol–water partition coefficient (Wildman–Crippen LogP) is 1.93. The van der Waals surface area contributed by atoms with Crippen LogP contribution in [0.4, 0.5) is 4.79 Å². The topological polar surface area (TPSA) is 69.6 Å². The number of carboxylic acid groups (broad SMARTS) is 1. The molecule has 1 saturated carbocycles. The first kappa shape index (κ1) is 14.2. The quantitative estimate of drug-likeness (QED) is 0.821. The van der Waals surface area contributed by atoms with Crippen molar-refractivity contribution in [3.63, 3.8) is 0 Å². The third kappa shape index (κ3) is 2.42. The molecule has 1 heterocycles. The number of carboxylic acids is 1. The summed E-state index contributed by atoms with van der Waals surface area (Å²) < 4.78 is 0. The number of hydrogen-bond donors (Lipinski definition) is 2. The minimum absolute atomic E-state index is 0.0449. The van der Waals surface area contributed by atoms with Crippen molar-refractivity contribution in [2.45, 2.75) is 46.6 Å². The van der Waals surface area contributed by atoms with Gasteiger partial charge in [-0.1, -0.05) is 27.7 Å². The minimum Gasteiger partial charge on any atom is -0.481 e. The van der Waals surface area contributed by atoms with Crippen molar-refractivity contribution >= 4 is 12.0 Å². The number of carbonyl (C=O) groups excluding carboxylic acids is 1. The summed E-state index contributed by atoms with van der Waals surface area (Å²) in [4.78, 5) is 24.6. The van der Waals surface area contributed by atoms with Crippen LogP contribution in [-0.2, 0) is 4.79 Å². The van der Waals surface area contributed by atoms with E-state index in [0.29, 0.717) is 13.1 Å². The van der Waals surface area contributed by atoms with Crippen LogP contribution in [0.2, 0.25) is 0 Å². The number of rotatable bonds is 3. The Hall–Kier alpha value is -1.26. The molecule has 1 aliphatic carbocycles. The van der Waals surface area contributed by atoms with E-state index in [0.717, 1.165) is 6.42 Å². The maximum atomic E-state index is 12.2. The van der Waals surface area contributed by atoms with Crippen molar-refractivity contribution in [2.75, 3.05) is 13.1 Å². The summed E-state index contributed by atoms with van der Waals surface area (Å²) in [5.41, 5.74) is 0.256. The molecule has 0 bridgehead atoms. The molecule has 2 aliphatic rings. The van der Waals surface area contributed by atoms with E-state index in [2.05, 4.69) is 33.0 Å². The molecule has 0 aromatic rings. The van der Waals surface area contributed by atoms with Crippen molar-refractivity contribution in [1.82, 2.24) is 10.2 Å². The number of urea groups is 1. The van der Waals surface area contributed by atoms with Crippen LogP contribution in [-0.4, -0.2) is 41.1 Å². The average Bonchev–Trinajstić information content (AvgIpc) is 2.68. The molecule has 2 fully saturated rings. The van der Waals surface area contributed by atoms with E-state index in [9.17, 15) is 9.59 Å². The second kappa shape index (κ2) is 4.39. The molecule has 19 heavy (non-hydrogen) atoms. The zero-order valence-corrected chi connectivity index (χ0v) is 12.2. The summed E-state index contributed by atoms with van der Waals surface area (Å²) in [6.07, 6.45) is 0.946. The van der Waals surface area contributed by atoms with Crippen LogP contribution in [0, 0.1) is 16.7 Å². The van der Waals surface area contributed by atoms with E-state index in [-0.39, 0.29) is 35.2 Å². The lowest BCUT2D eigenvalue weighted by Crippen LogP contribution is -2.41. The highest BCUT2D eigenvalue weighted by Gasteiger charge is 2.65. The Morgan fingerprint density at radius 1 is 1.26 bits per heavy atom. The van der Waals surface area contributed by atoms with Gasteiger partial charge in [0, 0.05) is 25.6 Å². The molecule has 5 heteroatoms. The first-order valence-electron chi connectivity index (χ1n) is 6.93. The lowest BCUT2D eigenvalue weighted by Gasteiger charge is -2.18. The third-order valence-corrected chi connectivity index (χ3v) is 5.32. The van der Waals surface area contributed by atoms with E-state index in [1.807, 2.05) is 0 Å². The molecule has 2 rings (SSSR count). The smallest absolute Gasteiger partial charge is 0.317 e. The van der Waals surface area contributed by atoms with Crippen LogP contribution in [0.15, 0.2) is 0 Å². The van der Waals surface area contributed by atoms with Gasteiger partial charge < -0.3 is 15.3 Å². The number of aliphatic carboxylic acids is 1. The van der Waals surface area contributed by atoms with Crippen molar-refractivity contribution in [3.05, 3.63) is 0 Å². The number of amides is 2. The van der Waals surface area contributed by atoms with Crippen LogP contribution in [0.3, 0.4) is 0 Å². The normalized spacial score (nSPS) is 28.2. The van der Waals surface area contributed by atoms with E-state index < -0.39 is 5.97 Å². The first-order valence-corrected chi connectivity index (χ1v) is 6.93. The number of nitrogens with one attached hydrogen (secondary N) is 1. The summed E-state index contributed by atoms with van der Waals surface area (Å²) in [7, 11) is 0. The van der Waals surface area contributed by atoms with Gasteiger partial charge in [0.25, 0.3) is 0 Å². The van der Waals surface area contributed by atoms with Gasteiger partial charge in [0.1, 0.15) is 0 Å². The average molecular weight is 268 g/mol. The standard InChI is InChI=1S/C14H24N2O3/c1-13(2)11(14(13,3)4)15-12(19)16-6-5-9(8-16)7-10(17)18/h9,11H,5-8H2,1-4H3,(H,15,19)(H,17,18). The van der Waals surface area contributed by atoms with E-state index in [4.69, 9.17) is 5.11 Å². The van der Waals surface area contributed by atoms with Crippen molar-refractivity contribution in [2.24, 2.45) is 16.7 Å². The summed E-state index contributed by atoms with van der Waals surface area (Å²) in [5.74, 6) is -0.680. The summed E-state index contributed by atoms with van der Waals surface area (Å²) >= 11 is 0. The summed E-state index contributed by atoms with van der Waals surface area (Å²) in [6, 6.07) is 0.155. The highest BCUT2D eigenvalue weighted by atomic mass is 16.4. The second-order valence-electron chi connectivity index (χ2n) is 7.02. The second-order valence-corrected chi connectivity index (χ2v) is 7.02. The van der Waals surface area contributed by atoms with Gasteiger partial charge in [0.05, 0.1) is 0 Å². The molecule has 1 aliphatic heterocycles. The lowest BCUT2D eigenvalue weighted by molar-refractivity contribution is -0.138. The molecule has 1 atom stereocenters. The number of carbonyl (C=O) groups is 2. The molecule has 2 N–H and O–H groups in total. The molecule has 0 spiro atoms. The molecule has 0 aromatic carbocycles. The summed E-state index contributed by atoms with van der Waals surface area (Å²) in [5, 5.41) is 11.9. The number of hydrogen-bond acceptors (Lipinski definition) is 2. The van der Waals surface area contributed by atoms with Gasteiger partial charge in [-0.05, 0) is 23.2 Å². The van der Waals surface area contributed by atoms with Gasteiger partial charge >= 0.3 is 12.0 Å². The van der Waals surface area contributed by atoms with E-state index in [1.54, 1.807) is 4.90 Å². The Morgan fingerprint density at radius 3 is 2.32 bits per heavy atom. The highest BCUT2D eigenvalue weighted by Crippen LogP contribution is 2.62. The Bertz CT molecular complexity index is 389. The highest BCUT2D eigenvalue weighted by molar-refractivity contribution is 5.76. The Morgan fingerprint density at radius 2 is 1.84 bits per heavy atom. The molecule has 2 amide bonds. The van der Waals surface area contributed by atoms with Crippen LogP contribution in [0.1, 0.15) is 40.5 Å². The van der Waals surface area contributed by atoms with E-state index in [1.165, 1.54) is 0 Å². The fourth-order valence-electron chi connectivity index (χ4n) is 3.20. The van der Waals surface area contributed by atoms with Gasteiger partial charge in [-0.3, -0.25) is 4.79 Å². The minimum atomic E-state index is -0.781. The molecule has 5 nitrogen and oxygen atoms in total. The van der Waals surface area contributed by atoms with Crippen molar-refractivity contribution in [3.8, 4) is 0 Å². The fourth-order valence-corrected chi connectivity index (χ4v) is 3.20. The molecule has 1 saturated heterocycles. The van der Waals surface area contributed by atoms with Crippen LogP contribution in [0.25, 0.3) is 0 Å². The fraction of sp³-hybridized carbons (Fsp3) is 0.857. The molecule has 108 valence electrons. The van der Waals surface area contributed by atoms with Crippen LogP contribution >= 0.6 is 0 Å². The molecular formula is C14H24N2O3.